The molecular formula is C27H26N2O8. The maximum atomic E-state index is 14.1. The van der Waals surface area contributed by atoms with Crippen LogP contribution >= 0.6 is 0 Å². The Morgan fingerprint density at radius 2 is 1.59 bits per heavy atom. The van der Waals surface area contributed by atoms with Crippen LogP contribution < -0.4 is 5.73 Å². The summed E-state index contributed by atoms with van der Waals surface area (Å²) in [5.41, 5.74) is 3.16. The monoisotopic (exact) mass is 506 g/mol. The van der Waals surface area contributed by atoms with E-state index >= 15 is 0 Å². The number of likely N-dealkylation sites (N-methyl/N-ethyl adjacent to an activating group) is 1. The first kappa shape index (κ1) is 24.9. The average Bonchev–Trinajstić information content (AvgIpc) is 2.84. The Kier molecular flexibility index (Phi) is 5.67. The number of Topliss-reactive ketones (excluding diaryl/α,β-unsaturated/α-hetero) is 4. The van der Waals surface area contributed by atoms with Crippen molar-refractivity contribution in [3.63, 3.8) is 0 Å². The Labute approximate surface area is 211 Å². The van der Waals surface area contributed by atoms with Gasteiger partial charge in [0.1, 0.15) is 5.75 Å². The summed E-state index contributed by atoms with van der Waals surface area (Å²) in [6, 6.07) is 11.8. The molecule has 0 aliphatic heterocycles. The van der Waals surface area contributed by atoms with Gasteiger partial charge < -0.3 is 21.1 Å². The van der Waals surface area contributed by atoms with Crippen molar-refractivity contribution in [2.45, 2.75) is 23.7 Å². The molecule has 2 aromatic rings. The third-order valence-electron chi connectivity index (χ3n) is 8.16. The minimum Gasteiger partial charge on any atom is -0.507 e. The van der Waals surface area contributed by atoms with Gasteiger partial charge in [0.2, 0.25) is 5.91 Å². The van der Waals surface area contributed by atoms with Gasteiger partial charge in [-0.3, -0.25) is 28.9 Å². The normalized spacial score (nSPS) is 35.1. The van der Waals surface area contributed by atoms with Crippen molar-refractivity contribution in [1.82, 2.24) is 4.90 Å². The molecule has 2 aromatic carbocycles. The fraction of sp³-hybridized carbons (Fsp3) is 0.370. The van der Waals surface area contributed by atoms with E-state index in [1.807, 2.05) is 0 Å². The molecular weight excluding hydrogens is 480 g/mol. The van der Waals surface area contributed by atoms with Gasteiger partial charge in [-0.05, 0) is 31.3 Å². The van der Waals surface area contributed by atoms with E-state index in [-0.39, 0.29) is 11.3 Å². The highest BCUT2D eigenvalue weighted by molar-refractivity contribution is 6.32. The molecule has 37 heavy (non-hydrogen) atoms. The van der Waals surface area contributed by atoms with Crippen LogP contribution in [0.3, 0.4) is 0 Å². The minimum atomic E-state index is -3.03. The second kappa shape index (κ2) is 8.41. The first-order chi connectivity index (χ1) is 17.4. The zero-order chi connectivity index (χ0) is 27.0. The van der Waals surface area contributed by atoms with E-state index in [1.165, 1.54) is 25.1 Å². The molecule has 2 fully saturated rings. The van der Waals surface area contributed by atoms with Crippen LogP contribution in [0.4, 0.5) is 0 Å². The van der Waals surface area contributed by atoms with Crippen molar-refractivity contribution in [1.29, 1.82) is 0 Å². The predicted octanol–water partition coefficient (Wildman–Crippen LogP) is -0.573. The number of carbonyl (C=O) groups is 5. The highest BCUT2D eigenvalue weighted by atomic mass is 16.3. The standard InChI is InChI=1S/C27H26N2O8/c1-29(2)20-19-22(32)16-14(11-7-4-3-5-8-11)12-9-6-10-13(30)15(12)21(31)17(16)24(34)27(19,37)25(35)18(23(20)33)26(28)36/h3-10,14,16-20,22,30,32,37H,1-2H3,(H2,28,36)/t14-,16+,17?,18?,19+,20-,22-,27-/m0/s1. The molecule has 3 aliphatic rings. The van der Waals surface area contributed by atoms with Crippen LogP contribution in [0.2, 0.25) is 0 Å². The van der Waals surface area contributed by atoms with Gasteiger partial charge in [-0.15, -0.1) is 0 Å². The lowest BCUT2D eigenvalue weighted by atomic mass is 9.48. The summed E-state index contributed by atoms with van der Waals surface area (Å²) in [4.78, 5) is 67.9. The van der Waals surface area contributed by atoms with Crippen LogP contribution in [-0.2, 0) is 19.2 Å². The molecule has 0 radical (unpaired) electrons. The molecule has 2 unspecified atom stereocenters. The molecule has 10 heteroatoms. The van der Waals surface area contributed by atoms with Gasteiger partial charge in [-0.1, -0.05) is 42.5 Å². The third kappa shape index (κ3) is 3.19. The van der Waals surface area contributed by atoms with E-state index in [0.29, 0.717) is 11.1 Å². The Hall–Kier alpha value is -3.73. The first-order valence-electron chi connectivity index (χ1n) is 11.8. The fourth-order valence-corrected chi connectivity index (χ4v) is 6.70. The Morgan fingerprint density at radius 3 is 2.19 bits per heavy atom. The number of hydrogen-bond donors (Lipinski definition) is 4. The maximum Gasteiger partial charge on any atom is 0.235 e. The van der Waals surface area contributed by atoms with E-state index in [4.69, 9.17) is 5.73 Å². The number of phenols is 1. The van der Waals surface area contributed by atoms with E-state index in [2.05, 4.69) is 0 Å². The van der Waals surface area contributed by atoms with Gasteiger partial charge >= 0.3 is 0 Å². The number of nitrogens with two attached hydrogens (primary N) is 1. The quantitative estimate of drug-likeness (QED) is 0.397. The fourth-order valence-electron chi connectivity index (χ4n) is 6.70. The zero-order valence-electron chi connectivity index (χ0n) is 20.1. The second-order valence-corrected chi connectivity index (χ2v) is 10.2. The second-order valence-electron chi connectivity index (χ2n) is 10.2. The van der Waals surface area contributed by atoms with E-state index in [1.54, 1.807) is 42.5 Å². The lowest BCUT2D eigenvalue weighted by Gasteiger charge is -2.56. The van der Waals surface area contributed by atoms with Gasteiger partial charge in [-0.25, -0.2) is 0 Å². The molecule has 8 atom stereocenters. The number of aliphatic hydroxyl groups excluding tert-OH is 1. The summed E-state index contributed by atoms with van der Waals surface area (Å²) < 4.78 is 0. The minimum absolute atomic E-state index is 0.143. The van der Waals surface area contributed by atoms with Crippen LogP contribution in [0.1, 0.15) is 27.4 Å². The largest absolute Gasteiger partial charge is 0.507 e. The maximum absolute atomic E-state index is 14.1. The summed E-state index contributed by atoms with van der Waals surface area (Å²) in [7, 11) is 2.91. The summed E-state index contributed by atoms with van der Waals surface area (Å²) in [5.74, 6) is -13.6. The van der Waals surface area contributed by atoms with Crippen LogP contribution in [0.25, 0.3) is 0 Å². The number of carbonyl (C=O) groups excluding carboxylic acids is 5. The molecule has 2 saturated carbocycles. The van der Waals surface area contributed by atoms with Crippen LogP contribution in [0.5, 0.6) is 5.75 Å². The molecule has 0 bridgehead atoms. The van der Waals surface area contributed by atoms with Crippen LogP contribution in [0.15, 0.2) is 48.5 Å². The number of fused-ring (bicyclic) bond motifs is 3. The van der Waals surface area contributed by atoms with Crippen molar-refractivity contribution < 1.29 is 39.3 Å². The number of nitrogens with zero attached hydrogens (tertiary/aromatic N) is 1. The molecule has 0 spiro atoms. The van der Waals surface area contributed by atoms with Gasteiger partial charge in [0.15, 0.2) is 34.7 Å². The van der Waals surface area contributed by atoms with E-state index < -0.39 is 76.4 Å². The van der Waals surface area contributed by atoms with Gasteiger partial charge in [0, 0.05) is 11.8 Å². The molecule has 5 N–H and O–H groups in total. The van der Waals surface area contributed by atoms with E-state index in [9.17, 15) is 39.3 Å². The third-order valence-corrected chi connectivity index (χ3v) is 8.16. The molecule has 10 nitrogen and oxygen atoms in total. The molecule has 0 saturated heterocycles. The summed E-state index contributed by atoms with van der Waals surface area (Å²) >= 11 is 0. The summed E-state index contributed by atoms with van der Waals surface area (Å²) in [6.45, 7) is 0. The van der Waals surface area contributed by atoms with Gasteiger partial charge in [0.05, 0.1) is 29.5 Å². The van der Waals surface area contributed by atoms with Crippen molar-refractivity contribution >= 4 is 29.0 Å². The number of rotatable bonds is 3. The predicted molar refractivity (Wildman–Crippen MR) is 127 cm³/mol. The number of hydrogen-bond acceptors (Lipinski definition) is 9. The lowest BCUT2D eigenvalue weighted by Crippen LogP contribution is -2.77. The first-order valence-corrected chi connectivity index (χ1v) is 11.8. The number of phenolic OH excluding ortho intramolecular Hbond substituents is 1. The molecule has 3 aliphatic carbocycles. The molecule has 0 aromatic heterocycles. The number of aliphatic hydroxyl groups is 2. The number of benzene rings is 2. The number of amides is 1. The van der Waals surface area contributed by atoms with Gasteiger partial charge in [0.25, 0.3) is 0 Å². The Bertz CT molecular complexity index is 1360. The molecule has 1 amide bonds. The number of primary amides is 1. The highest BCUT2D eigenvalue weighted by Crippen LogP contribution is 2.56. The zero-order valence-corrected chi connectivity index (χ0v) is 20.1. The average molecular weight is 507 g/mol. The van der Waals surface area contributed by atoms with Gasteiger partial charge in [-0.2, -0.15) is 0 Å². The molecule has 5 rings (SSSR count). The topological polar surface area (TPSA) is 175 Å². The summed E-state index contributed by atoms with van der Waals surface area (Å²) in [5, 5.41) is 34.2. The number of ketones is 4. The van der Waals surface area contributed by atoms with Crippen LogP contribution in [0, 0.1) is 23.7 Å². The Balaban J connectivity index is 1.80. The highest BCUT2D eigenvalue weighted by Gasteiger charge is 2.73. The van der Waals surface area contributed by atoms with Crippen LogP contribution in [-0.4, -0.2) is 81.1 Å². The van der Waals surface area contributed by atoms with Crippen molar-refractivity contribution in [2.75, 3.05) is 14.1 Å². The smallest absolute Gasteiger partial charge is 0.235 e. The molecule has 0 heterocycles. The lowest BCUT2D eigenvalue weighted by molar-refractivity contribution is -0.196. The van der Waals surface area contributed by atoms with Crippen molar-refractivity contribution in [2.24, 2.45) is 29.4 Å². The molecule has 192 valence electrons. The summed E-state index contributed by atoms with van der Waals surface area (Å²) in [6.07, 6.45) is -1.70. The Morgan fingerprint density at radius 1 is 0.946 bits per heavy atom. The number of aromatic hydroxyl groups is 1. The van der Waals surface area contributed by atoms with E-state index in [0.717, 1.165) is 0 Å². The SMILES string of the molecule is CN(C)[C@@H]1C(=O)C(C(N)=O)C(=O)[C@@]2(O)C(=O)C3C(=O)c4c(O)cccc4[C@H](c4ccccc4)[C@H]3[C@H](O)[C@@H]12. The van der Waals surface area contributed by atoms with Crippen molar-refractivity contribution in [3.8, 4) is 5.75 Å². The van der Waals surface area contributed by atoms with Crippen molar-refractivity contribution in [3.05, 3.63) is 65.2 Å².